The quantitative estimate of drug-likeness (QED) is 0.786. The Bertz CT molecular complexity index is 924. The SMILES string of the molecule is Cc1c([C@@H](C)NC(=O)Cn2cc(C(=O)NC3CCCC3)ccc2=O)cnn1C. The van der Waals surface area contributed by atoms with Crippen molar-refractivity contribution in [1.82, 2.24) is 25.0 Å². The number of hydrogen-bond donors (Lipinski definition) is 2. The molecule has 0 saturated heterocycles. The van der Waals surface area contributed by atoms with Crippen LogP contribution in [0.4, 0.5) is 0 Å². The van der Waals surface area contributed by atoms with E-state index in [1.807, 2.05) is 20.9 Å². The van der Waals surface area contributed by atoms with E-state index in [0.29, 0.717) is 5.56 Å². The molecule has 1 atom stereocenters. The van der Waals surface area contributed by atoms with Crippen molar-refractivity contribution in [3.05, 3.63) is 51.7 Å². The van der Waals surface area contributed by atoms with Gasteiger partial charge in [0.15, 0.2) is 0 Å². The van der Waals surface area contributed by atoms with E-state index >= 15 is 0 Å². The van der Waals surface area contributed by atoms with Crippen molar-refractivity contribution in [3.63, 3.8) is 0 Å². The van der Waals surface area contributed by atoms with Gasteiger partial charge in [-0.25, -0.2) is 0 Å². The second kappa shape index (κ2) is 8.41. The molecule has 2 aromatic rings. The normalized spacial score (nSPS) is 15.4. The lowest BCUT2D eigenvalue weighted by Gasteiger charge is -2.15. The highest BCUT2D eigenvalue weighted by Crippen LogP contribution is 2.18. The maximum Gasteiger partial charge on any atom is 0.252 e. The average molecular weight is 385 g/mol. The molecule has 8 heteroatoms. The lowest BCUT2D eigenvalue weighted by Crippen LogP contribution is -2.36. The van der Waals surface area contributed by atoms with E-state index in [-0.39, 0.29) is 36.0 Å². The second-order valence-electron chi connectivity index (χ2n) is 7.44. The van der Waals surface area contributed by atoms with Gasteiger partial charge in [0.2, 0.25) is 5.91 Å². The van der Waals surface area contributed by atoms with Crippen molar-refractivity contribution in [1.29, 1.82) is 0 Å². The number of aromatic nitrogens is 3. The van der Waals surface area contributed by atoms with Gasteiger partial charge in [0.1, 0.15) is 6.54 Å². The van der Waals surface area contributed by atoms with Gasteiger partial charge in [-0.05, 0) is 32.8 Å². The molecule has 0 bridgehead atoms. The predicted octanol–water partition coefficient (Wildman–Crippen LogP) is 1.44. The third-order valence-corrected chi connectivity index (χ3v) is 5.37. The van der Waals surface area contributed by atoms with Crippen LogP contribution in [0, 0.1) is 6.92 Å². The molecule has 1 aliphatic carbocycles. The molecule has 0 spiro atoms. The molecule has 2 amide bonds. The van der Waals surface area contributed by atoms with Crippen LogP contribution in [0.1, 0.15) is 60.3 Å². The highest BCUT2D eigenvalue weighted by atomic mass is 16.2. The van der Waals surface area contributed by atoms with Crippen LogP contribution in [-0.2, 0) is 18.4 Å². The summed E-state index contributed by atoms with van der Waals surface area (Å²) < 4.78 is 3.01. The van der Waals surface area contributed by atoms with Gasteiger partial charge in [-0.15, -0.1) is 0 Å². The van der Waals surface area contributed by atoms with E-state index in [4.69, 9.17) is 0 Å². The first-order valence-electron chi connectivity index (χ1n) is 9.64. The average Bonchev–Trinajstić information content (AvgIpc) is 3.27. The fourth-order valence-electron chi connectivity index (χ4n) is 3.59. The van der Waals surface area contributed by atoms with Crippen molar-refractivity contribution >= 4 is 11.8 Å². The lowest BCUT2D eigenvalue weighted by atomic mass is 10.1. The first-order chi connectivity index (χ1) is 13.3. The Hall–Kier alpha value is -2.90. The summed E-state index contributed by atoms with van der Waals surface area (Å²) in [5, 5.41) is 10.1. The first kappa shape index (κ1) is 19.9. The number of carbonyl (C=O) groups is 2. The minimum atomic E-state index is -0.322. The molecular weight excluding hydrogens is 358 g/mol. The minimum absolute atomic E-state index is 0.146. The maximum absolute atomic E-state index is 12.4. The number of amides is 2. The molecule has 2 N–H and O–H groups in total. The molecule has 2 heterocycles. The van der Waals surface area contributed by atoms with Gasteiger partial charge in [0, 0.05) is 36.6 Å². The Labute approximate surface area is 163 Å². The topological polar surface area (TPSA) is 98.0 Å². The smallest absolute Gasteiger partial charge is 0.252 e. The van der Waals surface area contributed by atoms with Gasteiger partial charge in [0.25, 0.3) is 11.5 Å². The van der Waals surface area contributed by atoms with E-state index in [1.165, 1.54) is 22.9 Å². The summed E-state index contributed by atoms with van der Waals surface area (Å²) in [6, 6.07) is 2.79. The zero-order chi connectivity index (χ0) is 20.3. The van der Waals surface area contributed by atoms with E-state index in [0.717, 1.165) is 36.9 Å². The van der Waals surface area contributed by atoms with Crippen LogP contribution in [0.2, 0.25) is 0 Å². The lowest BCUT2D eigenvalue weighted by molar-refractivity contribution is -0.122. The number of hydrogen-bond acceptors (Lipinski definition) is 4. The molecule has 3 rings (SSSR count). The van der Waals surface area contributed by atoms with Gasteiger partial charge < -0.3 is 15.2 Å². The molecule has 2 aromatic heterocycles. The van der Waals surface area contributed by atoms with Crippen LogP contribution in [0.3, 0.4) is 0 Å². The van der Waals surface area contributed by atoms with Crippen LogP contribution in [0.5, 0.6) is 0 Å². The number of carbonyl (C=O) groups excluding carboxylic acids is 2. The molecular formula is C20H27N5O3. The summed E-state index contributed by atoms with van der Waals surface area (Å²) in [4.78, 5) is 37.0. The number of nitrogens with zero attached hydrogens (tertiary/aromatic N) is 3. The fourth-order valence-corrected chi connectivity index (χ4v) is 3.59. The first-order valence-corrected chi connectivity index (χ1v) is 9.64. The van der Waals surface area contributed by atoms with Crippen molar-refractivity contribution in [2.75, 3.05) is 0 Å². The number of aryl methyl sites for hydroxylation is 1. The molecule has 150 valence electrons. The molecule has 8 nitrogen and oxygen atoms in total. The van der Waals surface area contributed by atoms with E-state index in [1.54, 1.807) is 10.9 Å². The standard InChI is InChI=1S/C20H27N5O3/c1-13(17-10-21-24(3)14(17)2)22-18(26)12-25-11-15(8-9-19(25)27)20(28)23-16-6-4-5-7-16/h8-11,13,16H,4-7,12H2,1-3H3,(H,22,26)(H,23,28)/t13-/m1/s1. The predicted molar refractivity (Wildman–Crippen MR) is 105 cm³/mol. The fraction of sp³-hybridized carbons (Fsp3) is 0.500. The van der Waals surface area contributed by atoms with Gasteiger partial charge in [-0.3, -0.25) is 19.1 Å². The van der Waals surface area contributed by atoms with Gasteiger partial charge in [-0.1, -0.05) is 12.8 Å². The Morgan fingerprint density at radius 2 is 2.00 bits per heavy atom. The maximum atomic E-state index is 12.4. The number of pyridine rings is 1. The van der Waals surface area contributed by atoms with E-state index in [2.05, 4.69) is 15.7 Å². The van der Waals surface area contributed by atoms with Gasteiger partial charge >= 0.3 is 0 Å². The van der Waals surface area contributed by atoms with Crippen molar-refractivity contribution in [2.24, 2.45) is 7.05 Å². The third-order valence-electron chi connectivity index (χ3n) is 5.37. The molecule has 1 aliphatic rings. The molecule has 0 aliphatic heterocycles. The Morgan fingerprint density at radius 3 is 2.64 bits per heavy atom. The van der Waals surface area contributed by atoms with Gasteiger partial charge in [0.05, 0.1) is 17.8 Å². The van der Waals surface area contributed by atoms with Gasteiger partial charge in [-0.2, -0.15) is 5.10 Å². The van der Waals surface area contributed by atoms with Crippen LogP contribution >= 0.6 is 0 Å². The number of nitrogens with one attached hydrogen (secondary N) is 2. The second-order valence-corrected chi connectivity index (χ2v) is 7.44. The molecule has 1 fully saturated rings. The zero-order valence-corrected chi connectivity index (χ0v) is 16.6. The van der Waals surface area contributed by atoms with Crippen molar-refractivity contribution in [3.8, 4) is 0 Å². The van der Waals surface area contributed by atoms with Crippen molar-refractivity contribution < 1.29 is 9.59 Å². The third kappa shape index (κ3) is 4.49. The molecule has 0 aromatic carbocycles. The summed E-state index contributed by atoms with van der Waals surface area (Å²) >= 11 is 0. The Kier molecular flexibility index (Phi) is 5.96. The molecule has 0 unspecified atom stereocenters. The summed E-state index contributed by atoms with van der Waals surface area (Å²) in [5.41, 5.74) is 1.96. The monoisotopic (exact) mass is 385 g/mol. The molecule has 1 saturated carbocycles. The largest absolute Gasteiger partial charge is 0.349 e. The van der Waals surface area contributed by atoms with E-state index < -0.39 is 0 Å². The summed E-state index contributed by atoms with van der Waals surface area (Å²) in [5.74, 6) is -0.508. The zero-order valence-electron chi connectivity index (χ0n) is 16.6. The van der Waals surface area contributed by atoms with Crippen LogP contribution < -0.4 is 16.2 Å². The Morgan fingerprint density at radius 1 is 1.29 bits per heavy atom. The number of rotatable bonds is 6. The highest BCUT2D eigenvalue weighted by molar-refractivity contribution is 5.94. The van der Waals surface area contributed by atoms with Crippen LogP contribution in [0.15, 0.2) is 29.3 Å². The summed E-state index contributed by atoms with van der Waals surface area (Å²) in [7, 11) is 1.84. The minimum Gasteiger partial charge on any atom is -0.349 e. The van der Waals surface area contributed by atoms with Crippen LogP contribution in [-0.4, -0.2) is 32.2 Å². The molecule has 0 radical (unpaired) electrons. The summed E-state index contributed by atoms with van der Waals surface area (Å²) in [6.07, 6.45) is 7.39. The Balaban J connectivity index is 1.65. The molecule has 28 heavy (non-hydrogen) atoms. The van der Waals surface area contributed by atoms with E-state index in [9.17, 15) is 14.4 Å². The summed E-state index contributed by atoms with van der Waals surface area (Å²) in [6.45, 7) is 3.66. The van der Waals surface area contributed by atoms with Crippen molar-refractivity contribution in [2.45, 2.75) is 58.2 Å². The highest BCUT2D eigenvalue weighted by Gasteiger charge is 2.19. The van der Waals surface area contributed by atoms with Crippen LogP contribution in [0.25, 0.3) is 0 Å².